The molecule has 0 spiro atoms. The highest BCUT2D eigenvalue weighted by molar-refractivity contribution is 5.97. The number of nitrogens with one attached hydrogen (secondary N) is 1. The van der Waals surface area contributed by atoms with Crippen LogP contribution in [0.1, 0.15) is 17.5 Å². The third-order valence-corrected chi connectivity index (χ3v) is 4.94. The molecular weight excluding hydrogens is 366 g/mol. The lowest BCUT2D eigenvalue weighted by atomic mass is 10.0. The molecule has 1 aliphatic heterocycles. The van der Waals surface area contributed by atoms with Crippen LogP contribution in [-0.2, 0) is 17.6 Å². The number of carbonyl (C=O) groups excluding carboxylic acids is 1. The zero-order chi connectivity index (χ0) is 20.6. The number of ether oxygens (including phenoxy) is 2. The molecule has 0 fully saturated rings. The quantitative estimate of drug-likeness (QED) is 0.579. The molecule has 1 N–H and O–H groups in total. The molecule has 0 atom stereocenters. The van der Waals surface area contributed by atoms with Gasteiger partial charge in [-0.2, -0.15) is 5.26 Å². The van der Waals surface area contributed by atoms with Gasteiger partial charge >= 0.3 is 0 Å². The minimum Gasteiger partial charge on any atom is -0.493 e. The van der Waals surface area contributed by atoms with E-state index in [1.807, 2.05) is 47.4 Å². The molecule has 0 aliphatic carbocycles. The molecule has 0 unspecified atom stereocenters. The van der Waals surface area contributed by atoms with E-state index in [-0.39, 0.29) is 11.5 Å². The number of hydrogen-bond acceptors (Lipinski definition) is 5. The second-order valence-corrected chi connectivity index (χ2v) is 6.78. The van der Waals surface area contributed by atoms with Crippen LogP contribution >= 0.6 is 0 Å². The summed E-state index contributed by atoms with van der Waals surface area (Å²) in [5.41, 5.74) is 3.41. The largest absolute Gasteiger partial charge is 0.493 e. The Labute approximate surface area is 171 Å². The van der Waals surface area contributed by atoms with Gasteiger partial charge in [-0.3, -0.25) is 4.79 Å². The highest BCUT2D eigenvalue weighted by Gasteiger charge is 2.17. The Morgan fingerprint density at radius 2 is 2.00 bits per heavy atom. The summed E-state index contributed by atoms with van der Waals surface area (Å²) in [6.45, 7) is 1.21. The first-order valence-electron chi connectivity index (χ1n) is 9.62. The first-order valence-corrected chi connectivity index (χ1v) is 9.62. The van der Waals surface area contributed by atoms with Crippen molar-refractivity contribution < 1.29 is 14.3 Å². The van der Waals surface area contributed by atoms with Gasteiger partial charge in [0.15, 0.2) is 11.5 Å². The minimum atomic E-state index is -0.365. The maximum Gasteiger partial charge on any atom is 0.263 e. The third kappa shape index (κ3) is 4.88. The fourth-order valence-corrected chi connectivity index (χ4v) is 3.44. The van der Waals surface area contributed by atoms with Gasteiger partial charge in [0.05, 0.1) is 14.2 Å². The summed E-state index contributed by atoms with van der Waals surface area (Å²) in [5.74, 6) is 0.950. The van der Waals surface area contributed by atoms with Crippen LogP contribution < -0.4 is 19.7 Å². The van der Waals surface area contributed by atoms with E-state index in [4.69, 9.17) is 9.47 Å². The average Bonchev–Trinajstić information content (AvgIpc) is 2.77. The zero-order valence-electron chi connectivity index (χ0n) is 16.8. The monoisotopic (exact) mass is 391 g/mol. The van der Waals surface area contributed by atoms with Crippen molar-refractivity contribution in [3.63, 3.8) is 0 Å². The number of anilines is 1. The molecular formula is C23H25N3O3. The van der Waals surface area contributed by atoms with E-state index in [1.54, 1.807) is 20.4 Å². The lowest BCUT2D eigenvalue weighted by molar-refractivity contribution is -0.117. The molecule has 0 radical (unpaired) electrons. The van der Waals surface area contributed by atoms with Crippen LogP contribution in [0.25, 0.3) is 0 Å². The molecule has 6 heteroatoms. The summed E-state index contributed by atoms with van der Waals surface area (Å²) < 4.78 is 10.5. The van der Waals surface area contributed by atoms with E-state index in [1.165, 1.54) is 5.56 Å². The van der Waals surface area contributed by atoms with Gasteiger partial charge < -0.3 is 19.7 Å². The van der Waals surface area contributed by atoms with E-state index in [0.29, 0.717) is 24.5 Å². The van der Waals surface area contributed by atoms with E-state index in [0.717, 1.165) is 30.6 Å². The van der Waals surface area contributed by atoms with Crippen LogP contribution in [-0.4, -0.2) is 33.2 Å². The van der Waals surface area contributed by atoms with Gasteiger partial charge in [0.2, 0.25) is 0 Å². The molecule has 29 heavy (non-hydrogen) atoms. The van der Waals surface area contributed by atoms with Crippen LogP contribution in [0.2, 0.25) is 0 Å². The Balaban J connectivity index is 1.63. The van der Waals surface area contributed by atoms with Crippen LogP contribution in [0.4, 0.5) is 5.69 Å². The number of carbonyl (C=O) groups is 1. The first-order chi connectivity index (χ1) is 14.2. The van der Waals surface area contributed by atoms with Gasteiger partial charge in [-0.05, 0) is 48.6 Å². The first kappa shape index (κ1) is 20.3. The van der Waals surface area contributed by atoms with Gasteiger partial charge in [-0.1, -0.05) is 24.3 Å². The Morgan fingerprint density at radius 3 is 2.76 bits per heavy atom. The topological polar surface area (TPSA) is 74.6 Å². The molecule has 2 aromatic rings. The number of fused-ring (bicyclic) bond motifs is 1. The molecule has 0 saturated carbocycles. The normalized spacial score (nSPS) is 13.3. The third-order valence-electron chi connectivity index (χ3n) is 4.94. The van der Waals surface area contributed by atoms with Crippen LogP contribution in [0.5, 0.6) is 11.5 Å². The molecule has 2 aromatic carbocycles. The van der Waals surface area contributed by atoms with Crippen molar-refractivity contribution in [1.82, 2.24) is 5.32 Å². The molecule has 1 aliphatic rings. The van der Waals surface area contributed by atoms with Crippen molar-refractivity contribution in [2.45, 2.75) is 19.3 Å². The maximum absolute atomic E-state index is 12.5. The second-order valence-electron chi connectivity index (χ2n) is 6.78. The minimum absolute atomic E-state index is 0.106. The van der Waals surface area contributed by atoms with E-state index >= 15 is 0 Å². The summed E-state index contributed by atoms with van der Waals surface area (Å²) in [7, 11) is 3.18. The number of hydrogen-bond donors (Lipinski definition) is 1. The maximum atomic E-state index is 12.5. The van der Waals surface area contributed by atoms with Crippen molar-refractivity contribution in [3.05, 3.63) is 65.4 Å². The van der Waals surface area contributed by atoms with Crippen molar-refractivity contribution in [2.24, 2.45) is 0 Å². The Bertz CT molecular complexity index is 947. The predicted molar refractivity (Wildman–Crippen MR) is 112 cm³/mol. The van der Waals surface area contributed by atoms with Gasteiger partial charge in [-0.15, -0.1) is 0 Å². The highest BCUT2D eigenvalue weighted by Crippen LogP contribution is 2.28. The molecule has 150 valence electrons. The molecule has 6 nitrogen and oxygen atoms in total. The number of methoxy groups -OCH3 is 2. The molecule has 0 saturated heterocycles. The fraction of sp³-hybridized carbons (Fsp3) is 0.304. The molecule has 0 aromatic heterocycles. The number of para-hydroxylation sites is 1. The number of benzene rings is 2. The van der Waals surface area contributed by atoms with Crippen LogP contribution in [0.15, 0.2) is 54.2 Å². The molecule has 3 rings (SSSR count). The fourth-order valence-electron chi connectivity index (χ4n) is 3.44. The van der Waals surface area contributed by atoms with Crippen molar-refractivity contribution >= 4 is 11.6 Å². The van der Waals surface area contributed by atoms with E-state index in [9.17, 15) is 10.1 Å². The van der Waals surface area contributed by atoms with Gasteiger partial charge in [0.25, 0.3) is 5.91 Å². The summed E-state index contributed by atoms with van der Waals surface area (Å²) in [4.78, 5) is 14.5. The molecule has 1 amide bonds. The van der Waals surface area contributed by atoms with Crippen molar-refractivity contribution in [2.75, 3.05) is 32.2 Å². The predicted octanol–water partition coefficient (Wildman–Crippen LogP) is 3.22. The van der Waals surface area contributed by atoms with E-state index < -0.39 is 0 Å². The van der Waals surface area contributed by atoms with Gasteiger partial charge in [0.1, 0.15) is 11.6 Å². The summed E-state index contributed by atoms with van der Waals surface area (Å²) in [5, 5.41) is 12.3. The van der Waals surface area contributed by atoms with Crippen molar-refractivity contribution in [1.29, 1.82) is 5.26 Å². The number of nitriles is 1. The smallest absolute Gasteiger partial charge is 0.263 e. The van der Waals surface area contributed by atoms with Crippen molar-refractivity contribution in [3.8, 4) is 17.6 Å². The highest BCUT2D eigenvalue weighted by atomic mass is 16.5. The standard InChI is InChI=1S/C23H25N3O3/c1-28-21-10-9-17(14-22(21)29-2)11-12-25-23(27)19(15-24)16-26-13-5-7-18-6-3-4-8-20(18)26/h3-4,6,8-10,14,16H,5,7,11-13H2,1-2H3,(H,25,27)/b19-16-. The van der Waals surface area contributed by atoms with Crippen LogP contribution in [0, 0.1) is 11.3 Å². The number of aryl methyl sites for hydroxylation is 1. The molecule has 0 bridgehead atoms. The summed E-state index contributed by atoms with van der Waals surface area (Å²) in [6.07, 6.45) is 4.29. The lowest BCUT2D eigenvalue weighted by Gasteiger charge is -2.28. The summed E-state index contributed by atoms with van der Waals surface area (Å²) in [6, 6.07) is 15.8. The van der Waals surface area contributed by atoms with E-state index in [2.05, 4.69) is 11.4 Å². The number of nitrogens with zero attached hydrogens (tertiary/aromatic N) is 2. The van der Waals surface area contributed by atoms with Crippen LogP contribution in [0.3, 0.4) is 0 Å². The Morgan fingerprint density at radius 1 is 1.21 bits per heavy atom. The van der Waals surface area contributed by atoms with Gasteiger partial charge in [0, 0.05) is 25.0 Å². The average molecular weight is 391 g/mol. The number of rotatable bonds is 7. The van der Waals surface area contributed by atoms with Gasteiger partial charge in [-0.25, -0.2) is 0 Å². The Hall–Kier alpha value is -3.46. The zero-order valence-corrected chi connectivity index (χ0v) is 16.8. The number of amides is 1. The molecule has 1 heterocycles. The SMILES string of the molecule is COc1ccc(CCNC(=O)/C(C#N)=C\N2CCCc3ccccc32)cc1OC. The summed E-state index contributed by atoms with van der Waals surface area (Å²) >= 11 is 0. The lowest BCUT2D eigenvalue weighted by Crippen LogP contribution is -2.30. The Kier molecular flexibility index (Phi) is 6.75. The second kappa shape index (κ2) is 9.65.